The Labute approximate surface area is 148 Å². The van der Waals surface area contributed by atoms with Gasteiger partial charge in [-0.05, 0) is 35.9 Å². The molecule has 0 saturated heterocycles. The molecule has 0 heterocycles. The summed E-state index contributed by atoms with van der Waals surface area (Å²) in [6.45, 7) is -0.328. The molecule has 1 amide bonds. The van der Waals surface area contributed by atoms with Gasteiger partial charge in [0.25, 0.3) is 5.91 Å². The molecule has 8 heteroatoms. The lowest BCUT2D eigenvalue weighted by Crippen LogP contribution is -2.17. The van der Waals surface area contributed by atoms with Crippen LogP contribution in [-0.2, 0) is 14.4 Å². The van der Waals surface area contributed by atoms with Gasteiger partial charge in [-0.1, -0.05) is 28.9 Å². The zero-order valence-electron chi connectivity index (χ0n) is 13.2. The third kappa shape index (κ3) is 5.58. The van der Waals surface area contributed by atoms with Crippen molar-refractivity contribution in [3.05, 3.63) is 64.4 Å². The smallest absolute Gasteiger partial charge is 0.337 e. The number of benzene rings is 2. The minimum Gasteiger partial charge on any atom is -0.465 e. The topological polar surface area (TPSA) is 77.0 Å². The van der Waals surface area contributed by atoms with Gasteiger partial charge in [-0.25, -0.2) is 9.18 Å². The van der Waals surface area contributed by atoms with Gasteiger partial charge in [-0.15, -0.1) is 0 Å². The van der Waals surface area contributed by atoms with E-state index in [0.29, 0.717) is 16.8 Å². The molecule has 2 aromatic carbocycles. The van der Waals surface area contributed by atoms with Crippen LogP contribution < -0.4 is 5.32 Å². The Balaban J connectivity index is 1.81. The van der Waals surface area contributed by atoms with E-state index < -0.39 is 17.7 Å². The van der Waals surface area contributed by atoms with Gasteiger partial charge >= 0.3 is 5.97 Å². The van der Waals surface area contributed by atoms with Crippen LogP contribution in [0.15, 0.2) is 47.6 Å². The molecule has 0 bridgehead atoms. The summed E-state index contributed by atoms with van der Waals surface area (Å²) in [5.41, 5.74) is 1.44. The van der Waals surface area contributed by atoms with Crippen LogP contribution in [0.4, 0.5) is 10.1 Å². The molecule has 0 spiro atoms. The summed E-state index contributed by atoms with van der Waals surface area (Å²) >= 11 is 5.62. The molecule has 0 fully saturated rings. The number of esters is 1. The number of ether oxygens (including phenoxy) is 1. The fourth-order valence-corrected chi connectivity index (χ4v) is 1.97. The van der Waals surface area contributed by atoms with Gasteiger partial charge in [0.1, 0.15) is 5.82 Å². The molecule has 1 N–H and O–H groups in total. The lowest BCUT2D eigenvalue weighted by Gasteiger charge is -2.05. The lowest BCUT2D eigenvalue weighted by molar-refractivity contribution is -0.120. The fraction of sp³-hybridized carbons (Fsp3) is 0.118. The molecule has 0 aliphatic carbocycles. The number of rotatable bonds is 6. The number of nitrogens with one attached hydrogen (secondary N) is 1. The Kier molecular flexibility index (Phi) is 6.47. The highest BCUT2D eigenvalue weighted by molar-refractivity contribution is 6.31. The van der Waals surface area contributed by atoms with E-state index in [1.807, 2.05) is 0 Å². The second-order valence-electron chi connectivity index (χ2n) is 4.80. The van der Waals surface area contributed by atoms with Crippen molar-refractivity contribution >= 4 is 35.4 Å². The first-order chi connectivity index (χ1) is 12.0. The number of nitrogens with zero attached hydrogens (tertiary/aromatic N) is 1. The molecule has 2 rings (SSSR count). The van der Waals surface area contributed by atoms with Crippen molar-refractivity contribution in [1.29, 1.82) is 0 Å². The van der Waals surface area contributed by atoms with E-state index >= 15 is 0 Å². The van der Waals surface area contributed by atoms with E-state index in [1.54, 1.807) is 24.3 Å². The Bertz CT molecular complexity index is 794. The number of halogens is 2. The Morgan fingerprint density at radius 3 is 2.60 bits per heavy atom. The van der Waals surface area contributed by atoms with Gasteiger partial charge in [-0.3, -0.25) is 4.79 Å². The Morgan fingerprint density at radius 2 is 1.96 bits per heavy atom. The number of hydrogen-bond donors (Lipinski definition) is 1. The largest absolute Gasteiger partial charge is 0.465 e. The molecule has 130 valence electrons. The molecule has 0 aliphatic heterocycles. The highest BCUT2D eigenvalue weighted by atomic mass is 35.5. The van der Waals surface area contributed by atoms with E-state index in [9.17, 15) is 14.0 Å². The third-order valence-corrected chi connectivity index (χ3v) is 3.30. The maximum absolute atomic E-state index is 13.0. The SMILES string of the molecule is COC(=O)c1ccc(/C=N/OCC(=O)Nc2ccc(F)c(Cl)c2)cc1. The number of carbonyl (C=O) groups excluding carboxylic acids is 2. The molecule has 0 atom stereocenters. The first-order valence-corrected chi connectivity index (χ1v) is 7.46. The minimum absolute atomic E-state index is 0.0906. The summed E-state index contributed by atoms with van der Waals surface area (Å²) in [5, 5.41) is 6.07. The summed E-state index contributed by atoms with van der Waals surface area (Å²) < 4.78 is 17.6. The summed E-state index contributed by atoms with van der Waals surface area (Å²) in [4.78, 5) is 27.9. The standard InChI is InChI=1S/C17H14ClFN2O4/c1-24-17(23)12-4-2-11(3-5-12)9-20-25-10-16(22)21-13-6-7-15(19)14(18)8-13/h2-9H,10H2,1H3,(H,21,22)/b20-9+. The maximum atomic E-state index is 13.0. The molecule has 0 aliphatic rings. The van der Waals surface area contributed by atoms with Crippen LogP contribution in [-0.4, -0.2) is 31.8 Å². The highest BCUT2D eigenvalue weighted by Crippen LogP contribution is 2.19. The molecule has 0 aromatic heterocycles. The van der Waals surface area contributed by atoms with Gasteiger partial charge in [0.15, 0.2) is 6.61 Å². The van der Waals surface area contributed by atoms with Crippen molar-refractivity contribution in [3.63, 3.8) is 0 Å². The van der Waals surface area contributed by atoms with Crippen LogP contribution in [0.3, 0.4) is 0 Å². The molecule has 25 heavy (non-hydrogen) atoms. The third-order valence-electron chi connectivity index (χ3n) is 3.01. The number of oxime groups is 1. The van der Waals surface area contributed by atoms with E-state index in [-0.39, 0.29) is 11.6 Å². The Morgan fingerprint density at radius 1 is 1.24 bits per heavy atom. The molecular weight excluding hydrogens is 351 g/mol. The molecule has 0 saturated carbocycles. The van der Waals surface area contributed by atoms with Crippen LogP contribution in [0, 0.1) is 5.82 Å². The first-order valence-electron chi connectivity index (χ1n) is 7.08. The van der Waals surface area contributed by atoms with Crippen LogP contribution in [0.5, 0.6) is 0 Å². The number of carbonyl (C=O) groups is 2. The van der Waals surface area contributed by atoms with Crippen LogP contribution in [0.25, 0.3) is 0 Å². The van der Waals surface area contributed by atoms with Crippen LogP contribution in [0.2, 0.25) is 5.02 Å². The number of hydrogen-bond acceptors (Lipinski definition) is 5. The second kappa shape index (κ2) is 8.79. The van der Waals surface area contributed by atoms with E-state index in [1.165, 1.54) is 25.5 Å². The summed E-state index contributed by atoms with van der Waals surface area (Å²) in [6.07, 6.45) is 1.39. The van der Waals surface area contributed by atoms with Gasteiger partial charge in [-0.2, -0.15) is 0 Å². The van der Waals surface area contributed by atoms with Crippen LogP contribution >= 0.6 is 11.6 Å². The minimum atomic E-state index is -0.571. The van der Waals surface area contributed by atoms with Crippen molar-refractivity contribution in [1.82, 2.24) is 0 Å². The molecule has 0 radical (unpaired) electrons. The predicted molar refractivity (Wildman–Crippen MR) is 91.4 cm³/mol. The zero-order chi connectivity index (χ0) is 18.2. The average Bonchev–Trinajstić information content (AvgIpc) is 2.62. The zero-order valence-corrected chi connectivity index (χ0v) is 13.9. The quantitative estimate of drug-likeness (QED) is 0.485. The number of amides is 1. The first kappa shape index (κ1) is 18.4. The van der Waals surface area contributed by atoms with Crippen molar-refractivity contribution in [2.75, 3.05) is 19.0 Å². The number of methoxy groups -OCH3 is 1. The maximum Gasteiger partial charge on any atom is 0.337 e. The monoisotopic (exact) mass is 364 g/mol. The van der Waals surface area contributed by atoms with Crippen molar-refractivity contribution < 1.29 is 23.6 Å². The van der Waals surface area contributed by atoms with Gasteiger partial charge in [0, 0.05) is 5.69 Å². The molecular formula is C17H14ClFN2O4. The average molecular weight is 365 g/mol. The van der Waals surface area contributed by atoms with Gasteiger partial charge < -0.3 is 14.9 Å². The normalized spacial score (nSPS) is 10.5. The lowest BCUT2D eigenvalue weighted by atomic mass is 10.1. The van der Waals surface area contributed by atoms with Crippen molar-refractivity contribution in [2.24, 2.45) is 5.16 Å². The number of anilines is 1. The molecule has 2 aromatic rings. The Hall–Kier alpha value is -2.93. The van der Waals surface area contributed by atoms with E-state index in [0.717, 1.165) is 6.07 Å². The van der Waals surface area contributed by atoms with Gasteiger partial charge in [0.2, 0.25) is 0 Å². The summed E-state index contributed by atoms with van der Waals surface area (Å²) in [7, 11) is 1.30. The fourth-order valence-electron chi connectivity index (χ4n) is 1.79. The molecule has 6 nitrogen and oxygen atoms in total. The predicted octanol–water partition coefficient (Wildman–Crippen LogP) is 3.25. The summed E-state index contributed by atoms with van der Waals surface area (Å²) in [6, 6.07) is 10.3. The van der Waals surface area contributed by atoms with Crippen molar-refractivity contribution in [2.45, 2.75) is 0 Å². The van der Waals surface area contributed by atoms with Crippen molar-refractivity contribution in [3.8, 4) is 0 Å². The van der Waals surface area contributed by atoms with E-state index in [2.05, 4.69) is 15.2 Å². The molecule has 0 unspecified atom stereocenters. The second-order valence-corrected chi connectivity index (χ2v) is 5.21. The van der Waals surface area contributed by atoms with Crippen LogP contribution in [0.1, 0.15) is 15.9 Å². The van der Waals surface area contributed by atoms with E-state index in [4.69, 9.17) is 16.4 Å². The van der Waals surface area contributed by atoms with Gasteiger partial charge in [0.05, 0.1) is 23.9 Å². The summed E-state index contributed by atoms with van der Waals surface area (Å²) in [5.74, 6) is -1.48. The highest BCUT2D eigenvalue weighted by Gasteiger charge is 2.06.